The minimum atomic E-state index is 0.438. The average Bonchev–Trinajstić information content (AvgIpc) is 3.31. The molecule has 0 amide bonds. The summed E-state index contributed by atoms with van der Waals surface area (Å²) < 4.78 is 0. The Labute approximate surface area is 146 Å². The van der Waals surface area contributed by atoms with Crippen molar-refractivity contribution in [3.63, 3.8) is 0 Å². The number of nitrogens with zero attached hydrogens (tertiary/aromatic N) is 3. The molecule has 25 heavy (non-hydrogen) atoms. The first-order valence-electron chi connectivity index (χ1n) is 8.95. The zero-order chi connectivity index (χ0) is 16.6. The predicted molar refractivity (Wildman–Crippen MR) is 99.4 cm³/mol. The molecule has 4 heterocycles. The molecular formula is C20H21N5. The van der Waals surface area contributed by atoms with Crippen molar-refractivity contribution in [2.75, 3.05) is 13.1 Å². The largest absolute Gasteiger partial charge is 0.307 e. The van der Waals surface area contributed by atoms with E-state index in [0.717, 1.165) is 41.9 Å². The summed E-state index contributed by atoms with van der Waals surface area (Å²) >= 11 is 0. The van der Waals surface area contributed by atoms with Gasteiger partial charge in [0.05, 0.1) is 11.2 Å². The molecule has 0 saturated carbocycles. The van der Waals surface area contributed by atoms with E-state index in [4.69, 9.17) is 4.98 Å². The molecule has 1 aromatic carbocycles. The van der Waals surface area contributed by atoms with Crippen LogP contribution in [0.25, 0.3) is 21.9 Å². The Kier molecular flexibility index (Phi) is 3.52. The lowest BCUT2D eigenvalue weighted by molar-refractivity contribution is 0.199. The third-order valence-corrected chi connectivity index (χ3v) is 5.28. The molecule has 0 spiro atoms. The van der Waals surface area contributed by atoms with Crippen LogP contribution in [0.5, 0.6) is 0 Å². The second kappa shape index (κ2) is 6.01. The number of nitrogens with one attached hydrogen (secondary N) is 2. The van der Waals surface area contributed by atoms with E-state index >= 15 is 0 Å². The number of fused-ring (bicyclic) bond motifs is 3. The molecule has 5 heteroatoms. The molecule has 2 N–H and O–H groups in total. The lowest BCUT2D eigenvalue weighted by atomic mass is 9.92. The van der Waals surface area contributed by atoms with E-state index in [1.54, 1.807) is 0 Å². The minimum absolute atomic E-state index is 0.438. The van der Waals surface area contributed by atoms with Gasteiger partial charge < -0.3 is 5.10 Å². The van der Waals surface area contributed by atoms with Gasteiger partial charge in [0, 0.05) is 42.2 Å². The molecule has 0 bridgehead atoms. The van der Waals surface area contributed by atoms with E-state index < -0.39 is 0 Å². The summed E-state index contributed by atoms with van der Waals surface area (Å²) in [5.74, 6) is 0.438. The van der Waals surface area contributed by atoms with Crippen LogP contribution in [-0.4, -0.2) is 38.2 Å². The molecule has 3 aromatic heterocycles. The third kappa shape index (κ3) is 2.61. The second-order valence-electron chi connectivity index (χ2n) is 6.94. The summed E-state index contributed by atoms with van der Waals surface area (Å²) in [5, 5.41) is 8.75. The maximum absolute atomic E-state index is 4.91. The highest BCUT2D eigenvalue weighted by Gasteiger charge is 2.25. The Morgan fingerprint density at radius 1 is 1.12 bits per heavy atom. The van der Waals surface area contributed by atoms with Crippen LogP contribution in [0.4, 0.5) is 0 Å². The highest BCUT2D eigenvalue weighted by molar-refractivity contribution is 6.04. The molecule has 1 aliphatic heterocycles. The number of H-pyrrole nitrogens is 2. The molecule has 126 valence electrons. The fourth-order valence-electron chi connectivity index (χ4n) is 4.09. The normalized spacial score (nSPS) is 19.0. The maximum Gasteiger partial charge on any atom is 0.160 e. The summed E-state index contributed by atoms with van der Waals surface area (Å²) in [6.45, 7) is 3.21. The van der Waals surface area contributed by atoms with E-state index in [2.05, 4.69) is 50.4 Å². The van der Waals surface area contributed by atoms with Crippen LogP contribution in [-0.2, 0) is 6.54 Å². The lowest BCUT2D eigenvalue weighted by Gasteiger charge is -2.32. The summed E-state index contributed by atoms with van der Waals surface area (Å²) in [7, 11) is 0. The molecule has 1 unspecified atom stereocenters. The first-order valence-corrected chi connectivity index (χ1v) is 8.95. The maximum atomic E-state index is 4.91. The van der Waals surface area contributed by atoms with Gasteiger partial charge in [0.15, 0.2) is 5.65 Å². The van der Waals surface area contributed by atoms with Gasteiger partial charge in [-0.25, -0.2) is 9.97 Å². The number of piperidine rings is 1. The van der Waals surface area contributed by atoms with Gasteiger partial charge >= 0.3 is 0 Å². The van der Waals surface area contributed by atoms with Crippen molar-refractivity contribution in [3.8, 4) is 0 Å². The van der Waals surface area contributed by atoms with E-state index in [1.165, 1.54) is 23.8 Å². The summed E-state index contributed by atoms with van der Waals surface area (Å²) in [6, 6.07) is 12.8. The molecule has 5 nitrogen and oxygen atoms in total. The SMILES string of the molecule is c1ccc(CN2CCCC(c3nc4nccc4c4c[nH][nH]c34)C2)cc1. The van der Waals surface area contributed by atoms with E-state index in [-0.39, 0.29) is 0 Å². The predicted octanol–water partition coefficient (Wildman–Crippen LogP) is 3.82. The van der Waals surface area contributed by atoms with Crippen LogP contribution in [0.3, 0.4) is 0 Å². The first-order chi connectivity index (χ1) is 12.4. The topological polar surface area (TPSA) is 60.6 Å². The van der Waals surface area contributed by atoms with Crippen molar-refractivity contribution in [2.45, 2.75) is 25.3 Å². The zero-order valence-electron chi connectivity index (χ0n) is 14.1. The van der Waals surface area contributed by atoms with Crippen LogP contribution in [0.15, 0.2) is 48.8 Å². The minimum Gasteiger partial charge on any atom is -0.307 e. The molecule has 1 aliphatic rings. The summed E-state index contributed by atoms with van der Waals surface area (Å²) in [6.07, 6.45) is 6.25. The standard InChI is InChI=1S/C20H21N5/c1-2-5-14(6-3-1)12-25-10-4-7-15(13-25)18-19-17(11-22-24-19)16-8-9-21-20(16)23-18/h1-3,5-6,8-9,11,15,22,24H,4,7,10,12-13H2. The fraction of sp³-hybridized carbons (Fsp3) is 0.300. The quantitative estimate of drug-likeness (QED) is 0.600. The van der Waals surface area contributed by atoms with Crippen LogP contribution >= 0.6 is 0 Å². The Bertz CT molecular complexity index is 1000. The number of hydrogen-bond donors (Lipinski definition) is 2. The Hall–Kier alpha value is -2.66. The van der Waals surface area contributed by atoms with Gasteiger partial charge in [-0.2, -0.15) is 0 Å². The lowest BCUT2D eigenvalue weighted by Crippen LogP contribution is -2.34. The van der Waals surface area contributed by atoms with Gasteiger partial charge in [-0.1, -0.05) is 30.3 Å². The number of benzene rings is 1. The summed E-state index contributed by atoms with van der Waals surface area (Å²) in [5.41, 5.74) is 4.52. The smallest absolute Gasteiger partial charge is 0.160 e. The van der Waals surface area contributed by atoms with Gasteiger partial charge in [-0.05, 0) is 31.0 Å². The number of aromatic amines is 2. The van der Waals surface area contributed by atoms with E-state index in [1.807, 2.05) is 18.5 Å². The zero-order valence-corrected chi connectivity index (χ0v) is 14.1. The van der Waals surface area contributed by atoms with Crippen molar-refractivity contribution in [1.82, 2.24) is 25.1 Å². The summed E-state index contributed by atoms with van der Waals surface area (Å²) in [4.78, 5) is 11.9. The van der Waals surface area contributed by atoms with Crippen molar-refractivity contribution in [1.29, 1.82) is 0 Å². The highest BCUT2D eigenvalue weighted by atomic mass is 15.1. The van der Waals surface area contributed by atoms with Crippen molar-refractivity contribution in [2.24, 2.45) is 0 Å². The van der Waals surface area contributed by atoms with Crippen molar-refractivity contribution >= 4 is 21.9 Å². The Morgan fingerprint density at radius 3 is 2.96 bits per heavy atom. The molecule has 0 aliphatic carbocycles. The molecule has 5 rings (SSSR count). The van der Waals surface area contributed by atoms with Gasteiger partial charge in [-0.15, -0.1) is 0 Å². The highest BCUT2D eigenvalue weighted by Crippen LogP contribution is 2.33. The number of likely N-dealkylation sites (tertiary alicyclic amines) is 1. The molecular weight excluding hydrogens is 310 g/mol. The van der Waals surface area contributed by atoms with E-state index in [0.29, 0.717) is 5.92 Å². The van der Waals surface area contributed by atoms with Gasteiger partial charge in [0.2, 0.25) is 0 Å². The third-order valence-electron chi connectivity index (χ3n) is 5.28. The van der Waals surface area contributed by atoms with Crippen molar-refractivity contribution in [3.05, 3.63) is 60.0 Å². The van der Waals surface area contributed by atoms with Crippen LogP contribution in [0.2, 0.25) is 0 Å². The number of hydrogen-bond acceptors (Lipinski definition) is 3. The fourth-order valence-corrected chi connectivity index (χ4v) is 4.09. The number of pyridine rings is 1. The van der Waals surface area contributed by atoms with Crippen LogP contribution < -0.4 is 0 Å². The number of rotatable bonds is 3. The Balaban J connectivity index is 1.47. The van der Waals surface area contributed by atoms with Gasteiger partial charge in [0.25, 0.3) is 0 Å². The van der Waals surface area contributed by atoms with Crippen LogP contribution in [0, 0.1) is 0 Å². The second-order valence-corrected chi connectivity index (χ2v) is 6.94. The van der Waals surface area contributed by atoms with Crippen LogP contribution in [0.1, 0.15) is 30.0 Å². The first kappa shape index (κ1) is 14.7. The molecule has 1 atom stereocenters. The van der Waals surface area contributed by atoms with Gasteiger partial charge in [0.1, 0.15) is 0 Å². The van der Waals surface area contributed by atoms with Gasteiger partial charge in [-0.3, -0.25) is 10.00 Å². The number of aromatic nitrogens is 4. The molecule has 1 saturated heterocycles. The molecule has 4 aromatic rings. The molecule has 0 radical (unpaired) electrons. The average molecular weight is 331 g/mol. The Morgan fingerprint density at radius 2 is 2.04 bits per heavy atom. The monoisotopic (exact) mass is 331 g/mol. The molecule has 1 fully saturated rings. The van der Waals surface area contributed by atoms with Crippen molar-refractivity contribution < 1.29 is 0 Å². The van der Waals surface area contributed by atoms with E-state index in [9.17, 15) is 0 Å².